The zero-order valence-electron chi connectivity index (χ0n) is 9.82. The molecule has 9 heteroatoms. The molecule has 102 valence electrons. The molecule has 3 N–H and O–H groups in total. The number of fused-ring (bicyclic) bond motifs is 1. The average Bonchev–Trinajstić information content (AvgIpc) is 2.86. The van der Waals surface area contributed by atoms with E-state index in [4.69, 9.17) is 4.74 Å². The fourth-order valence-corrected chi connectivity index (χ4v) is 2.14. The molecule has 1 aliphatic heterocycles. The van der Waals surface area contributed by atoms with E-state index in [-0.39, 0.29) is 11.2 Å². The lowest BCUT2D eigenvalue weighted by Crippen LogP contribution is -2.41. The molecule has 0 aromatic carbocycles. The van der Waals surface area contributed by atoms with Crippen molar-refractivity contribution in [1.82, 2.24) is 19.5 Å². The normalized spacial score (nSPS) is 35.1. The highest BCUT2D eigenvalue weighted by Gasteiger charge is 2.56. The number of aromatic amines is 1. The Balaban J connectivity index is 2.16. The van der Waals surface area contributed by atoms with Crippen molar-refractivity contribution in [3.63, 3.8) is 0 Å². The summed E-state index contributed by atoms with van der Waals surface area (Å²) in [5.74, 6) is -2.99. The van der Waals surface area contributed by atoms with Crippen molar-refractivity contribution in [2.45, 2.75) is 31.2 Å². The third-order valence-electron chi connectivity index (χ3n) is 3.17. The molecule has 8 nitrogen and oxygen atoms in total. The molecule has 0 spiro atoms. The second kappa shape index (κ2) is 3.83. The largest absolute Gasteiger partial charge is 0.384 e. The van der Waals surface area contributed by atoms with Crippen molar-refractivity contribution in [1.29, 1.82) is 0 Å². The molecule has 0 radical (unpaired) electrons. The van der Waals surface area contributed by atoms with Gasteiger partial charge in [0.2, 0.25) is 0 Å². The molecular formula is C10H11FN4O4. The van der Waals surface area contributed by atoms with Crippen LogP contribution in [0.25, 0.3) is 11.2 Å². The Morgan fingerprint density at radius 2 is 2.32 bits per heavy atom. The number of ether oxygens (including phenoxy) is 1. The van der Waals surface area contributed by atoms with E-state index in [0.29, 0.717) is 0 Å². The van der Waals surface area contributed by atoms with Gasteiger partial charge >= 0.3 is 0 Å². The van der Waals surface area contributed by atoms with E-state index in [1.165, 1.54) is 6.92 Å². The summed E-state index contributed by atoms with van der Waals surface area (Å²) in [7, 11) is 0. The first-order chi connectivity index (χ1) is 8.93. The number of nitrogens with zero attached hydrogens (tertiary/aromatic N) is 3. The highest BCUT2D eigenvalue weighted by molar-refractivity contribution is 5.68. The van der Waals surface area contributed by atoms with Gasteiger partial charge in [-0.1, -0.05) is 0 Å². The minimum Gasteiger partial charge on any atom is -0.384 e. The van der Waals surface area contributed by atoms with Gasteiger partial charge in [-0.15, -0.1) is 0 Å². The van der Waals surface area contributed by atoms with Gasteiger partial charge in [0, 0.05) is 0 Å². The quantitative estimate of drug-likeness (QED) is 0.616. The Hall–Kier alpha value is -1.84. The molecule has 0 bridgehead atoms. The van der Waals surface area contributed by atoms with Gasteiger partial charge in [-0.25, -0.2) is 14.4 Å². The van der Waals surface area contributed by atoms with E-state index in [1.54, 1.807) is 0 Å². The van der Waals surface area contributed by atoms with Gasteiger partial charge in [0.25, 0.3) is 11.4 Å². The summed E-state index contributed by atoms with van der Waals surface area (Å²) in [5.41, 5.74) is -0.431. The standard InChI is InChI=1S/C10H11FN4O4/c1-4-6(16)10(11,18)9(19-4)15-3-14-5-7(15)12-2-13-8(5)17/h2-4,6,9,16,18H,1H3,(H,12,13,17)/t4-,6-,9-,10-/m1/s1. The maximum absolute atomic E-state index is 14.1. The molecule has 0 aliphatic carbocycles. The number of aliphatic hydroxyl groups is 2. The third kappa shape index (κ3) is 1.59. The second-order valence-electron chi connectivity index (χ2n) is 4.42. The predicted octanol–water partition coefficient (Wildman–Crippen LogP) is -0.944. The lowest BCUT2D eigenvalue weighted by atomic mass is 10.1. The maximum Gasteiger partial charge on any atom is 0.281 e. The predicted molar refractivity (Wildman–Crippen MR) is 59.8 cm³/mol. The minimum atomic E-state index is -2.99. The first kappa shape index (κ1) is 12.2. The monoisotopic (exact) mass is 270 g/mol. The van der Waals surface area contributed by atoms with Crippen LogP contribution in [0.2, 0.25) is 0 Å². The fourth-order valence-electron chi connectivity index (χ4n) is 2.14. The zero-order chi connectivity index (χ0) is 13.8. The van der Waals surface area contributed by atoms with E-state index in [9.17, 15) is 19.4 Å². The summed E-state index contributed by atoms with van der Waals surface area (Å²) in [6.45, 7) is 1.43. The Morgan fingerprint density at radius 1 is 1.58 bits per heavy atom. The molecule has 2 aromatic rings. The number of aliphatic hydroxyl groups excluding tert-OH is 1. The van der Waals surface area contributed by atoms with Gasteiger partial charge in [-0.05, 0) is 6.92 Å². The van der Waals surface area contributed by atoms with Gasteiger partial charge in [0.15, 0.2) is 17.4 Å². The summed E-state index contributed by atoms with van der Waals surface area (Å²) in [5, 5.41) is 19.2. The van der Waals surface area contributed by atoms with Crippen molar-refractivity contribution in [2.75, 3.05) is 0 Å². The molecule has 0 saturated carbocycles. The number of alkyl halides is 1. The highest BCUT2D eigenvalue weighted by Crippen LogP contribution is 2.40. The van der Waals surface area contributed by atoms with Crippen LogP contribution in [0, 0.1) is 0 Å². The van der Waals surface area contributed by atoms with E-state index in [0.717, 1.165) is 17.2 Å². The number of hydrogen-bond acceptors (Lipinski definition) is 6. The van der Waals surface area contributed by atoms with Gasteiger partial charge in [0.1, 0.15) is 6.10 Å². The van der Waals surface area contributed by atoms with E-state index < -0.39 is 29.8 Å². The van der Waals surface area contributed by atoms with Crippen LogP contribution in [-0.2, 0) is 4.74 Å². The summed E-state index contributed by atoms with van der Waals surface area (Å²) in [6, 6.07) is 0. The second-order valence-corrected chi connectivity index (χ2v) is 4.42. The first-order valence-corrected chi connectivity index (χ1v) is 5.58. The molecule has 4 atom stereocenters. The molecule has 0 unspecified atom stereocenters. The number of aromatic nitrogens is 4. The topological polar surface area (TPSA) is 113 Å². The summed E-state index contributed by atoms with van der Waals surface area (Å²) >= 11 is 0. The van der Waals surface area contributed by atoms with E-state index in [1.807, 2.05) is 0 Å². The number of H-pyrrole nitrogens is 1. The fraction of sp³-hybridized carbons (Fsp3) is 0.500. The molecule has 0 amide bonds. The first-order valence-electron chi connectivity index (χ1n) is 5.58. The van der Waals surface area contributed by atoms with Crippen LogP contribution in [0.4, 0.5) is 4.39 Å². The van der Waals surface area contributed by atoms with Crippen LogP contribution in [0.15, 0.2) is 17.4 Å². The van der Waals surface area contributed by atoms with Crippen LogP contribution in [-0.4, -0.2) is 47.8 Å². The van der Waals surface area contributed by atoms with Crippen molar-refractivity contribution < 1.29 is 19.3 Å². The smallest absolute Gasteiger partial charge is 0.281 e. The molecule has 1 aliphatic rings. The van der Waals surface area contributed by atoms with Gasteiger partial charge in [0.05, 0.1) is 18.8 Å². The van der Waals surface area contributed by atoms with Crippen molar-refractivity contribution in [2.24, 2.45) is 0 Å². The summed E-state index contributed by atoms with van der Waals surface area (Å²) < 4.78 is 20.4. The van der Waals surface area contributed by atoms with Crippen LogP contribution < -0.4 is 5.56 Å². The number of imidazole rings is 1. The number of hydrogen-bond donors (Lipinski definition) is 3. The van der Waals surface area contributed by atoms with Crippen LogP contribution in [0.3, 0.4) is 0 Å². The lowest BCUT2D eigenvalue weighted by molar-refractivity contribution is -0.195. The van der Waals surface area contributed by atoms with Gasteiger partial charge < -0.3 is 19.9 Å². The van der Waals surface area contributed by atoms with Crippen molar-refractivity contribution in [3.05, 3.63) is 23.0 Å². The SMILES string of the molecule is C[C@H]1O[C@@H](n2cnc3c(=O)[nH]cnc32)[C@@](O)(F)[C@@H]1O. The molecule has 1 saturated heterocycles. The molecule has 19 heavy (non-hydrogen) atoms. The van der Waals surface area contributed by atoms with Gasteiger partial charge in [-0.3, -0.25) is 9.36 Å². The number of rotatable bonds is 1. The molecule has 3 rings (SSSR count). The maximum atomic E-state index is 14.1. The average molecular weight is 270 g/mol. The Bertz CT molecular complexity index is 681. The zero-order valence-corrected chi connectivity index (χ0v) is 9.82. The van der Waals surface area contributed by atoms with Crippen molar-refractivity contribution in [3.8, 4) is 0 Å². The minimum absolute atomic E-state index is 0.00376. The molecule has 1 fully saturated rings. The van der Waals surface area contributed by atoms with Crippen molar-refractivity contribution >= 4 is 11.2 Å². The Labute approximate surface area is 105 Å². The number of nitrogens with one attached hydrogen (secondary N) is 1. The molecule has 2 aromatic heterocycles. The molecular weight excluding hydrogens is 259 g/mol. The van der Waals surface area contributed by atoms with Gasteiger partial charge in [-0.2, -0.15) is 0 Å². The highest BCUT2D eigenvalue weighted by atomic mass is 19.2. The Kier molecular flexibility index (Phi) is 2.46. The van der Waals surface area contributed by atoms with Crippen LogP contribution >= 0.6 is 0 Å². The van der Waals surface area contributed by atoms with E-state index in [2.05, 4.69) is 15.0 Å². The third-order valence-corrected chi connectivity index (χ3v) is 3.17. The van der Waals surface area contributed by atoms with Crippen LogP contribution in [0.1, 0.15) is 13.2 Å². The van der Waals surface area contributed by atoms with Crippen LogP contribution in [0.5, 0.6) is 0 Å². The lowest BCUT2D eigenvalue weighted by Gasteiger charge is -2.22. The number of halogens is 1. The summed E-state index contributed by atoms with van der Waals surface area (Å²) in [6.07, 6.45) is -1.85. The molecule has 3 heterocycles. The van der Waals surface area contributed by atoms with E-state index >= 15 is 0 Å². The Morgan fingerprint density at radius 3 is 2.95 bits per heavy atom. The summed E-state index contributed by atoms with van der Waals surface area (Å²) in [4.78, 5) is 21.5.